The fourth-order valence-corrected chi connectivity index (χ4v) is 13.0. The molecule has 0 fully saturated rings. The summed E-state index contributed by atoms with van der Waals surface area (Å²) >= 11 is 0. The van der Waals surface area contributed by atoms with E-state index < -0.39 is 169 Å². The van der Waals surface area contributed by atoms with Gasteiger partial charge in [0.2, 0.25) is 0 Å². The van der Waals surface area contributed by atoms with Crippen molar-refractivity contribution in [2.45, 2.75) is 184 Å². The van der Waals surface area contributed by atoms with Gasteiger partial charge in [-0.1, -0.05) is 99.7 Å². The van der Waals surface area contributed by atoms with Crippen molar-refractivity contribution in [2.75, 3.05) is 0 Å². The normalized spacial score (nSPS) is 15.1. The Morgan fingerprint density at radius 3 is 0.630 bits per heavy atom. The van der Waals surface area contributed by atoms with E-state index >= 15 is 0 Å². The van der Waals surface area contributed by atoms with Crippen LogP contribution in [-0.2, 0) is 0 Å². The first kappa shape index (κ1) is 86.1. The molecule has 0 aliphatic heterocycles. The van der Waals surface area contributed by atoms with Gasteiger partial charge >= 0.3 is 107 Å². The molecule has 0 nitrogen and oxygen atoms in total. The minimum Gasteiger partial charge on any atom is -0.200 e. The Hall–Kier alpha value is -6.26. The molecular formula is C58H43F39Si3. The van der Waals surface area contributed by atoms with Crippen LogP contribution in [-0.4, -0.2) is 132 Å². The standard InChI is InChI=1S/C46H32F26Si2.C12H11F13Si/c1-73(2,19-15-35(47,48)37(51,52)39(55,56)41(59,60)43(63,64)45(67,68)69)17-13-29-31-21-25-9-5-7-11-27(25)23-33(31)30(34-24-28-12-8-6-10-26(28)22-32(29)34)14-18-74(3,4)20-16-36(49,50)38(53,54)40(57,58)42(61,62)44(65,66)46(70,71)72;1-4-26(2,3)6-5-7(13,14)8(15,16)9(17,18)10(19,20)11(21,22)12(23,24)25/h5-12,21-24H,15-16,19-20H2,1-4H3;1H,5-6H2,2-3H3. The topological polar surface area (TPSA) is 0 Å². The van der Waals surface area contributed by atoms with E-state index in [1.54, 1.807) is 48.5 Å². The van der Waals surface area contributed by atoms with Gasteiger partial charge in [0.15, 0.2) is 0 Å². The van der Waals surface area contributed by atoms with Gasteiger partial charge in [-0.25, -0.2) is 0 Å². The molecule has 100 heavy (non-hydrogen) atoms. The second-order valence-electron chi connectivity index (χ2n) is 24.5. The highest BCUT2D eigenvalue weighted by Crippen LogP contribution is 2.65. The summed E-state index contributed by atoms with van der Waals surface area (Å²) in [5.74, 6) is -107. The highest BCUT2D eigenvalue weighted by atomic mass is 28.3. The minimum atomic E-state index is -8.10. The highest BCUT2D eigenvalue weighted by molar-refractivity contribution is 6.86. The lowest BCUT2D eigenvalue weighted by molar-refractivity contribution is -0.440. The zero-order valence-corrected chi connectivity index (χ0v) is 53.5. The second kappa shape index (κ2) is 26.2. The molecular weight excluding hydrogens is 1520 g/mol. The van der Waals surface area contributed by atoms with E-state index in [4.69, 9.17) is 6.42 Å². The number of fused-ring (bicyclic) bond motifs is 4. The zero-order chi connectivity index (χ0) is 78.5. The molecule has 0 saturated heterocycles. The fourth-order valence-electron chi connectivity index (χ4n) is 8.81. The largest absolute Gasteiger partial charge is 0.460 e. The molecule has 0 heterocycles. The lowest BCUT2D eigenvalue weighted by Gasteiger charge is -2.40. The van der Waals surface area contributed by atoms with Crippen LogP contribution < -0.4 is 0 Å². The van der Waals surface area contributed by atoms with Crippen LogP contribution in [0.3, 0.4) is 0 Å². The van der Waals surface area contributed by atoms with Crippen molar-refractivity contribution in [3.63, 3.8) is 0 Å². The molecule has 0 bridgehead atoms. The van der Waals surface area contributed by atoms with Crippen molar-refractivity contribution < 1.29 is 171 Å². The Bertz CT molecular complexity index is 3700. The molecule has 0 amide bonds. The summed E-state index contributed by atoms with van der Waals surface area (Å²) in [5.41, 5.74) is 7.07. The fraction of sp³-hybridized carbons (Fsp3) is 0.517. The third-order valence-electron chi connectivity index (χ3n) is 15.5. The van der Waals surface area contributed by atoms with Gasteiger partial charge in [-0.05, 0) is 85.5 Å². The number of benzene rings is 5. The van der Waals surface area contributed by atoms with Crippen LogP contribution in [0.2, 0.25) is 57.4 Å². The van der Waals surface area contributed by atoms with E-state index in [1.807, 2.05) is 5.54 Å². The van der Waals surface area contributed by atoms with Gasteiger partial charge in [-0.3, -0.25) is 0 Å². The molecule has 0 N–H and O–H groups in total. The van der Waals surface area contributed by atoms with Gasteiger partial charge in [-0.2, -0.15) is 171 Å². The van der Waals surface area contributed by atoms with E-state index in [0.29, 0.717) is 21.5 Å². The zero-order valence-electron chi connectivity index (χ0n) is 50.5. The summed E-state index contributed by atoms with van der Waals surface area (Å²) in [6.45, 7) is 6.58. The van der Waals surface area contributed by atoms with Crippen LogP contribution in [0.25, 0.3) is 43.1 Å². The Balaban J connectivity index is 0.000000688. The number of terminal acetylenes is 1. The molecule has 0 saturated carbocycles. The van der Waals surface area contributed by atoms with Crippen molar-refractivity contribution in [3.8, 4) is 34.9 Å². The second-order valence-corrected chi connectivity index (χ2v) is 38.1. The third-order valence-corrected chi connectivity index (χ3v) is 22.4. The quantitative estimate of drug-likeness (QED) is 0.0297. The van der Waals surface area contributed by atoms with Crippen LogP contribution >= 0.6 is 0 Å². The summed E-state index contributed by atoms with van der Waals surface area (Å²) in [7, 11) is -10.9. The predicted molar refractivity (Wildman–Crippen MR) is 292 cm³/mol. The first-order chi connectivity index (χ1) is 44.0. The first-order valence-electron chi connectivity index (χ1n) is 27.2. The SMILES string of the molecule is C#C[Si](C)(C)CCC(F)(F)C(F)(F)C(F)(F)C(F)(F)C(F)(F)C(F)(F)F.C[Si](C)(C#Cc1c2cc3ccccc3cc2c(C#C[Si](C)(C)CCC(F)(F)C(F)(F)C(F)(F)C(F)(F)C(F)(F)C(F)(F)F)c2cc3ccccc3cc12)CCC(F)(F)C(F)(F)C(F)(F)C(F)(F)C(F)(F)C(F)(F)F. The summed E-state index contributed by atoms with van der Waals surface area (Å²) in [5, 5.41) is 2.13. The van der Waals surface area contributed by atoms with Gasteiger partial charge in [0.25, 0.3) is 0 Å². The molecule has 5 aromatic rings. The van der Waals surface area contributed by atoms with Crippen LogP contribution in [0, 0.1) is 34.9 Å². The van der Waals surface area contributed by atoms with Gasteiger partial charge < -0.3 is 0 Å². The number of hydrogen-bond donors (Lipinski definition) is 0. The summed E-state index contributed by atoms with van der Waals surface area (Å²) in [6.07, 6.45) is -24.9. The molecule has 0 atom stereocenters. The van der Waals surface area contributed by atoms with Crippen molar-refractivity contribution in [1.82, 2.24) is 0 Å². The predicted octanol–water partition coefficient (Wildman–Crippen LogP) is 23.8. The maximum absolute atomic E-state index is 14.9. The molecule has 0 unspecified atom stereocenters. The van der Waals surface area contributed by atoms with Crippen LogP contribution in [0.5, 0.6) is 0 Å². The Morgan fingerprint density at radius 1 is 0.270 bits per heavy atom. The lowest BCUT2D eigenvalue weighted by atomic mass is 9.89. The molecule has 42 heteroatoms. The van der Waals surface area contributed by atoms with E-state index in [-0.39, 0.29) is 32.7 Å². The van der Waals surface area contributed by atoms with Gasteiger partial charge in [0.05, 0.1) is 0 Å². The Labute approximate surface area is 540 Å². The molecule has 560 valence electrons. The van der Waals surface area contributed by atoms with Gasteiger partial charge in [-0.15, -0.1) is 23.1 Å². The van der Waals surface area contributed by atoms with E-state index in [0.717, 1.165) is 39.3 Å². The number of hydrogen-bond acceptors (Lipinski definition) is 0. The maximum atomic E-state index is 14.9. The lowest BCUT2D eigenvalue weighted by Crippen LogP contribution is -2.70. The first-order valence-corrected chi connectivity index (χ1v) is 36.9. The van der Waals surface area contributed by atoms with Crippen LogP contribution in [0.15, 0.2) is 72.8 Å². The smallest absolute Gasteiger partial charge is 0.200 e. The van der Waals surface area contributed by atoms with Crippen molar-refractivity contribution in [2.24, 2.45) is 0 Å². The van der Waals surface area contributed by atoms with E-state index in [2.05, 4.69) is 22.9 Å². The van der Waals surface area contributed by atoms with E-state index in [9.17, 15) is 171 Å². The van der Waals surface area contributed by atoms with Crippen molar-refractivity contribution in [3.05, 3.63) is 83.9 Å². The molecule has 0 radical (unpaired) electrons. The molecule has 0 aromatic heterocycles. The van der Waals surface area contributed by atoms with Gasteiger partial charge in [0.1, 0.15) is 24.2 Å². The number of halogens is 39. The molecule has 5 aromatic carbocycles. The van der Waals surface area contributed by atoms with E-state index in [1.165, 1.54) is 24.3 Å². The average Bonchev–Trinajstić information content (AvgIpc) is 0.723. The highest BCUT2D eigenvalue weighted by Gasteiger charge is 2.93. The van der Waals surface area contributed by atoms with Crippen LogP contribution in [0.4, 0.5) is 171 Å². The van der Waals surface area contributed by atoms with Crippen LogP contribution in [0.1, 0.15) is 30.4 Å². The number of alkyl halides is 39. The molecule has 0 aliphatic carbocycles. The minimum absolute atomic E-state index is 0.0255. The van der Waals surface area contributed by atoms with Crippen molar-refractivity contribution in [1.29, 1.82) is 0 Å². The van der Waals surface area contributed by atoms with Crippen molar-refractivity contribution >= 4 is 67.3 Å². The number of rotatable bonds is 21. The van der Waals surface area contributed by atoms with Gasteiger partial charge in [0, 0.05) is 30.4 Å². The molecule has 0 aliphatic rings. The monoisotopic (exact) mass is 1560 g/mol. The summed E-state index contributed by atoms with van der Waals surface area (Å²) in [4.78, 5) is 0. The molecule has 5 rings (SSSR count). The summed E-state index contributed by atoms with van der Waals surface area (Å²) in [6, 6.07) is 14.7. The Morgan fingerprint density at radius 2 is 0.450 bits per heavy atom. The maximum Gasteiger partial charge on any atom is 0.460 e. The summed E-state index contributed by atoms with van der Waals surface area (Å²) < 4.78 is 527. The third kappa shape index (κ3) is 14.7. The Kier molecular flexibility index (Phi) is 22.5. The average molecular weight is 1570 g/mol. The molecule has 0 spiro atoms.